The van der Waals surface area contributed by atoms with E-state index in [-0.39, 0.29) is 18.4 Å². The number of nitrogens with zero attached hydrogens (tertiary/aromatic N) is 3. The average molecular weight is 521 g/mol. The van der Waals surface area contributed by atoms with Crippen molar-refractivity contribution in [3.05, 3.63) is 82.1 Å². The Labute approximate surface area is 218 Å². The SMILES string of the molecule is COc1ccc(-n2cc(-c3ccc(Cl)cc3)nc2NC(=O)CN(CC2CC2)C(=O)c2cccs2)cc1. The monoisotopic (exact) mass is 520 g/mol. The third kappa shape index (κ3) is 5.61. The Morgan fingerprint density at radius 3 is 2.53 bits per heavy atom. The van der Waals surface area contributed by atoms with Crippen molar-refractivity contribution in [2.75, 3.05) is 25.5 Å². The van der Waals surface area contributed by atoms with Crippen LogP contribution < -0.4 is 10.1 Å². The Morgan fingerprint density at radius 1 is 1.14 bits per heavy atom. The Balaban J connectivity index is 1.41. The van der Waals surface area contributed by atoms with E-state index in [1.165, 1.54) is 11.3 Å². The largest absolute Gasteiger partial charge is 0.497 e. The van der Waals surface area contributed by atoms with Gasteiger partial charge in [0.05, 0.1) is 17.7 Å². The molecule has 2 aromatic heterocycles. The summed E-state index contributed by atoms with van der Waals surface area (Å²) in [5.74, 6) is 1.13. The summed E-state index contributed by atoms with van der Waals surface area (Å²) < 4.78 is 7.09. The van der Waals surface area contributed by atoms with Gasteiger partial charge in [0.1, 0.15) is 12.3 Å². The van der Waals surface area contributed by atoms with Crippen molar-refractivity contribution in [3.63, 3.8) is 0 Å². The molecule has 0 unspecified atom stereocenters. The number of imidazole rings is 1. The molecule has 1 saturated carbocycles. The Kier molecular flexibility index (Phi) is 7.06. The minimum atomic E-state index is -0.302. The highest BCUT2D eigenvalue weighted by Gasteiger charge is 2.29. The van der Waals surface area contributed by atoms with Crippen molar-refractivity contribution in [2.45, 2.75) is 12.8 Å². The van der Waals surface area contributed by atoms with E-state index in [0.717, 1.165) is 29.8 Å². The van der Waals surface area contributed by atoms with Gasteiger partial charge in [-0.3, -0.25) is 19.5 Å². The fraction of sp³-hybridized carbons (Fsp3) is 0.222. The van der Waals surface area contributed by atoms with Gasteiger partial charge in [-0.25, -0.2) is 4.98 Å². The molecule has 7 nitrogen and oxygen atoms in total. The van der Waals surface area contributed by atoms with Gasteiger partial charge in [0.25, 0.3) is 5.91 Å². The van der Waals surface area contributed by atoms with Crippen LogP contribution in [0.5, 0.6) is 5.75 Å². The molecule has 36 heavy (non-hydrogen) atoms. The number of halogens is 1. The van der Waals surface area contributed by atoms with Gasteiger partial charge in [-0.2, -0.15) is 0 Å². The summed E-state index contributed by atoms with van der Waals surface area (Å²) in [5, 5.41) is 5.43. The molecule has 0 bridgehead atoms. The van der Waals surface area contributed by atoms with Crippen molar-refractivity contribution in [1.82, 2.24) is 14.5 Å². The third-order valence-electron chi connectivity index (χ3n) is 5.98. The zero-order chi connectivity index (χ0) is 25.1. The van der Waals surface area contributed by atoms with Crippen LogP contribution in [0.25, 0.3) is 16.9 Å². The second-order valence-electron chi connectivity index (χ2n) is 8.68. The third-order valence-corrected chi connectivity index (χ3v) is 7.09. The molecule has 184 valence electrons. The molecule has 0 aliphatic heterocycles. The van der Waals surface area contributed by atoms with Crippen LogP contribution in [0.4, 0.5) is 5.95 Å². The Morgan fingerprint density at radius 2 is 1.89 bits per heavy atom. The number of methoxy groups -OCH3 is 1. The number of hydrogen-bond acceptors (Lipinski definition) is 5. The number of ether oxygens (including phenoxy) is 1. The van der Waals surface area contributed by atoms with Gasteiger partial charge < -0.3 is 9.64 Å². The van der Waals surface area contributed by atoms with E-state index in [1.807, 2.05) is 58.6 Å². The summed E-state index contributed by atoms with van der Waals surface area (Å²) in [6.07, 6.45) is 4.03. The lowest BCUT2D eigenvalue weighted by Gasteiger charge is -2.21. The first-order valence-corrected chi connectivity index (χ1v) is 12.9. The van der Waals surface area contributed by atoms with Crippen molar-refractivity contribution in [1.29, 1.82) is 0 Å². The molecule has 1 aliphatic rings. The number of anilines is 1. The van der Waals surface area contributed by atoms with E-state index in [4.69, 9.17) is 21.3 Å². The quantitative estimate of drug-likeness (QED) is 0.305. The summed E-state index contributed by atoms with van der Waals surface area (Å²) in [5.41, 5.74) is 2.36. The second-order valence-corrected chi connectivity index (χ2v) is 10.1. The van der Waals surface area contributed by atoms with Crippen LogP contribution in [0.1, 0.15) is 22.5 Å². The molecule has 2 aromatic carbocycles. The molecular weight excluding hydrogens is 496 g/mol. The second kappa shape index (κ2) is 10.6. The number of carbonyl (C=O) groups is 2. The zero-order valence-electron chi connectivity index (χ0n) is 19.7. The number of rotatable bonds is 9. The molecular formula is C27H25ClN4O3S. The first-order valence-electron chi connectivity index (χ1n) is 11.6. The number of nitrogens with one attached hydrogen (secondary N) is 1. The first kappa shape index (κ1) is 24.1. The van der Waals surface area contributed by atoms with Crippen molar-refractivity contribution >= 4 is 40.7 Å². The summed E-state index contributed by atoms with van der Waals surface area (Å²) in [6, 6.07) is 18.5. The normalized spacial score (nSPS) is 12.8. The molecule has 2 heterocycles. The number of carbonyl (C=O) groups excluding carboxylic acids is 2. The zero-order valence-corrected chi connectivity index (χ0v) is 21.3. The Hall–Kier alpha value is -3.62. The number of thiophene rings is 1. The highest BCUT2D eigenvalue weighted by molar-refractivity contribution is 7.12. The lowest BCUT2D eigenvalue weighted by Crippen LogP contribution is -2.39. The number of amides is 2. The molecule has 1 aliphatic carbocycles. The highest BCUT2D eigenvalue weighted by atomic mass is 35.5. The van der Waals surface area contributed by atoms with E-state index in [0.29, 0.717) is 34.0 Å². The molecule has 1 N–H and O–H groups in total. The topological polar surface area (TPSA) is 76.5 Å². The predicted octanol–water partition coefficient (Wildman–Crippen LogP) is 5.75. The van der Waals surface area contributed by atoms with Crippen LogP contribution in [-0.4, -0.2) is 46.5 Å². The van der Waals surface area contributed by atoms with Crippen molar-refractivity contribution in [2.24, 2.45) is 5.92 Å². The maximum atomic E-state index is 13.2. The first-order chi connectivity index (χ1) is 17.5. The van der Waals surface area contributed by atoms with Crippen LogP contribution in [0.15, 0.2) is 72.2 Å². The summed E-state index contributed by atoms with van der Waals surface area (Å²) in [7, 11) is 1.61. The molecule has 0 spiro atoms. The summed E-state index contributed by atoms with van der Waals surface area (Å²) in [6.45, 7) is 0.534. The molecule has 0 atom stereocenters. The molecule has 0 saturated heterocycles. The molecule has 5 rings (SSSR count). The maximum Gasteiger partial charge on any atom is 0.264 e. The van der Waals surface area contributed by atoms with E-state index in [2.05, 4.69) is 5.32 Å². The van der Waals surface area contributed by atoms with E-state index in [1.54, 1.807) is 30.2 Å². The van der Waals surface area contributed by atoms with Crippen molar-refractivity contribution < 1.29 is 14.3 Å². The lowest BCUT2D eigenvalue weighted by molar-refractivity contribution is -0.117. The van der Waals surface area contributed by atoms with Gasteiger partial charge in [0.2, 0.25) is 11.9 Å². The number of hydrogen-bond donors (Lipinski definition) is 1. The molecule has 0 radical (unpaired) electrons. The van der Waals surface area contributed by atoms with Gasteiger partial charge in [0, 0.05) is 29.0 Å². The lowest BCUT2D eigenvalue weighted by atomic mass is 10.2. The van der Waals surface area contributed by atoms with Gasteiger partial charge in [-0.05, 0) is 66.6 Å². The van der Waals surface area contributed by atoms with Gasteiger partial charge in [-0.1, -0.05) is 29.8 Å². The summed E-state index contributed by atoms with van der Waals surface area (Å²) in [4.78, 5) is 33.2. The fourth-order valence-electron chi connectivity index (χ4n) is 3.89. The van der Waals surface area contributed by atoms with Crippen LogP contribution in [-0.2, 0) is 4.79 Å². The smallest absolute Gasteiger partial charge is 0.264 e. The summed E-state index contributed by atoms with van der Waals surface area (Å²) >= 11 is 7.44. The molecule has 1 fully saturated rings. The Bertz CT molecular complexity index is 1350. The van der Waals surface area contributed by atoms with Gasteiger partial charge in [-0.15, -0.1) is 11.3 Å². The highest BCUT2D eigenvalue weighted by Crippen LogP contribution is 2.31. The van der Waals surface area contributed by atoms with E-state index < -0.39 is 0 Å². The van der Waals surface area contributed by atoms with E-state index in [9.17, 15) is 9.59 Å². The number of aromatic nitrogens is 2. The minimum Gasteiger partial charge on any atom is -0.497 e. The van der Waals surface area contributed by atoms with Gasteiger partial charge in [0.15, 0.2) is 0 Å². The van der Waals surface area contributed by atoms with Crippen LogP contribution in [0, 0.1) is 5.92 Å². The maximum absolute atomic E-state index is 13.2. The predicted molar refractivity (Wildman–Crippen MR) is 142 cm³/mol. The molecule has 2 amide bonds. The van der Waals surface area contributed by atoms with Crippen molar-refractivity contribution in [3.8, 4) is 22.7 Å². The van der Waals surface area contributed by atoms with E-state index >= 15 is 0 Å². The minimum absolute atomic E-state index is 0.0427. The molecule has 9 heteroatoms. The molecule has 4 aromatic rings. The van der Waals surface area contributed by atoms with Crippen LogP contribution >= 0.6 is 22.9 Å². The van der Waals surface area contributed by atoms with Gasteiger partial charge >= 0.3 is 0 Å². The fourth-order valence-corrected chi connectivity index (χ4v) is 4.71. The standard InChI is InChI=1S/C27H25ClN4O3S/c1-35-22-12-10-21(11-13-22)32-16-23(19-6-8-20(28)9-7-19)29-27(32)30-25(33)17-31(15-18-4-5-18)26(34)24-3-2-14-36-24/h2-3,6-14,16,18H,4-5,15,17H2,1H3,(H,29,30,33). The average Bonchev–Trinajstić information content (AvgIpc) is 3.36. The van der Waals surface area contributed by atoms with Crippen LogP contribution in [0.2, 0.25) is 5.02 Å². The number of benzene rings is 2. The van der Waals surface area contributed by atoms with Crippen LogP contribution in [0.3, 0.4) is 0 Å².